The molecule has 1 fully saturated rings. The topological polar surface area (TPSA) is 67.2 Å². The normalized spacial score (nSPS) is 15.5. The third-order valence-electron chi connectivity index (χ3n) is 4.38. The first kappa shape index (κ1) is 17.3. The highest BCUT2D eigenvalue weighted by Gasteiger charge is 2.24. The Morgan fingerprint density at radius 2 is 2.04 bits per heavy atom. The maximum Gasteiger partial charge on any atom is 0.265 e. The van der Waals surface area contributed by atoms with Crippen LogP contribution in [0, 0.1) is 6.92 Å². The van der Waals surface area contributed by atoms with Crippen LogP contribution in [0.3, 0.4) is 0 Å². The number of aromatic nitrogens is 4. The average Bonchev–Trinajstić information content (AvgIpc) is 3.36. The molecule has 1 aliphatic rings. The van der Waals surface area contributed by atoms with E-state index in [0.29, 0.717) is 4.88 Å². The van der Waals surface area contributed by atoms with Crippen LogP contribution < -0.4 is 0 Å². The van der Waals surface area contributed by atoms with Gasteiger partial charge in [-0.3, -0.25) is 14.4 Å². The lowest BCUT2D eigenvalue weighted by atomic mass is 10.3. The fraction of sp³-hybridized carbons (Fsp3) is 0.412. The smallest absolute Gasteiger partial charge is 0.265 e. The van der Waals surface area contributed by atoms with E-state index in [9.17, 15) is 4.79 Å². The zero-order valence-electron chi connectivity index (χ0n) is 14.8. The fourth-order valence-electron chi connectivity index (χ4n) is 3.01. The summed E-state index contributed by atoms with van der Waals surface area (Å²) in [6.07, 6.45) is 5.36. The van der Waals surface area contributed by atoms with Crippen LogP contribution in [-0.4, -0.2) is 61.6 Å². The molecular formula is C17H20N6OS2. The van der Waals surface area contributed by atoms with E-state index in [1.54, 1.807) is 28.4 Å². The standard InChI is InChI=1S/C17H20N6OS2/c1-12-20-14(11-25-12)10-22-3-5-23(6-4-22)17(24)15-8-18-16(26-15)13-7-19-21(2)9-13/h7-9,11H,3-6,10H2,1-2H3. The number of piperazine rings is 1. The molecule has 0 radical (unpaired) electrons. The molecule has 4 heterocycles. The molecule has 9 heteroatoms. The van der Waals surface area contributed by atoms with E-state index in [-0.39, 0.29) is 5.91 Å². The highest BCUT2D eigenvalue weighted by Crippen LogP contribution is 2.25. The Bertz CT molecular complexity index is 906. The van der Waals surface area contributed by atoms with Crippen molar-refractivity contribution in [3.05, 3.63) is 39.5 Å². The second-order valence-corrected chi connectivity index (χ2v) is 8.45. The van der Waals surface area contributed by atoms with E-state index in [0.717, 1.165) is 54.0 Å². The summed E-state index contributed by atoms with van der Waals surface area (Å²) in [5, 5.41) is 8.21. The summed E-state index contributed by atoms with van der Waals surface area (Å²) in [6.45, 7) is 6.11. The molecule has 0 bridgehead atoms. The molecule has 0 spiro atoms. The van der Waals surface area contributed by atoms with Gasteiger partial charge in [0.1, 0.15) is 9.88 Å². The zero-order valence-corrected chi connectivity index (χ0v) is 16.4. The maximum atomic E-state index is 12.8. The summed E-state index contributed by atoms with van der Waals surface area (Å²) in [5.41, 5.74) is 2.07. The second-order valence-electron chi connectivity index (χ2n) is 6.36. The van der Waals surface area contributed by atoms with Gasteiger partial charge >= 0.3 is 0 Å². The van der Waals surface area contributed by atoms with E-state index in [4.69, 9.17) is 0 Å². The molecule has 0 atom stereocenters. The first-order chi connectivity index (χ1) is 12.6. The van der Waals surface area contributed by atoms with Gasteiger partial charge in [0.2, 0.25) is 0 Å². The van der Waals surface area contributed by atoms with Gasteiger partial charge in [-0.15, -0.1) is 22.7 Å². The van der Waals surface area contributed by atoms with Crippen LogP contribution in [0.4, 0.5) is 0 Å². The molecule has 0 saturated carbocycles. The predicted octanol–water partition coefficient (Wildman–Crippen LogP) is 2.27. The largest absolute Gasteiger partial charge is 0.335 e. The molecule has 1 amide bonds. The highest BCUT2D eigenvalue weighted by atomic mass is 32.1. The molecule has 1 saturated heterocycles. The summed E-state index contributed by atoms with van der Waals surface area (Å²) in [7, 11) is 1.87. The van der Waals surface area contributed by atoms with Gasteiger partial charge < -0.3 is 4.90 Å². The van der Waals surface area contributed by atoms with Crippen LogP contribution in [0.15, 0.2) is 24.0 Å². The molecule has 4 rings (SSSR count). The number of carbonyl (C=O) groups is 1. The minimum Gasteiger partial charge on any atom is -0.335 e. The SMILES string of the molecule is Cc1nc(CN2CCN(C(=O)c3cnc(-c4cnn(C)c4)s3)CC2)cs1. The average molecular weight is 389 g/mol. The fourth-order valence-corrected chi connectivity index (χ4v) is 4.48. The number of amides is 1. The first-order valence-corrected chi connectivity index (χ1v) is 10.2. The number of hydrogen-bond acceptors (Lipinski definition) is 7. The van der Waals surface area contributed by atoms with Crippen LogP contribution in [0.1, 0.15) is 20.4 Å². The van der Waals surface area contributed by atoms with Gasteiger partial charge in [-0.1, -0.05) is 0 Å². The van der Waals surface area contributed by atoms with Gasteiger partial charge in [0.05, 0.1) is 23.1 Å². The Hall–Kier alpha value is -2.10. The monoisotopic (exact) mass is 388 g/mol. The molecule has 7 nitrogen and oxygen atoms in total. The van der Waals surface area contributed by atoms with Gasteiger partial charge in [0.15, 0.2) is 0 Å². The number of aryl methyl sites for hydroxylation is 2. The summed E-state index contributed by atoms with van der Waals surface area (Å²) < 4.78 is 1.74. The van der Waals surface area contributed by atoms with Gasteiger partial charge in [-0.05, 0) is 6.92 Å². The minimum absolute atomic E-state index is 0.0711. The molecular weight excluding hydrogens is 368 g/mol. The Morgan fingerprint density at radius 3 is 2.69 bits per heavy atom. The molecule has 0 aliphatic carbocycles. The molecule has 0 aromatic carbocycles. The Balaban J connectivity index is 1.35. The van der Waals surface area contributed by atoms with Crippen LogP contribution >= 0.6 is 22.7 Å². The van der Waals surface area contributed by atoms with Crippen LogP contribution in [0.5, 0.6) is 0 Å². The van der Waals surface area contributed by atoms with Crippen molar-refractivity contribution in [2.75, 3.05) is 26.2 Å². The Labute approximate surface area is 159 Å². The zero-order chi connectivity index (χ0) is 18.1. The third-order valence-corrected chi connectivity index (χ3v) is 6.24. The summed E-state index contributed by atoms with van der Waals surface area (Å²) in [5.74, 6) is 0.0711. The second kappa shape index (κ2) is 7.26. The van der Waals surface area contributed by atoms with Gasteiger partial charge in [0.25, 0.3) is 5.91 Å². The summed E-state index contributed by atoms with van der Waals surface area (Å²) in [4.78, 5) is 26.6. The molecule has 3 aromatic heterocycles. The summed E-state index contributed by atoms with van der Waals surface area (Å²) >= 11 is 3.11. The van der Waals surface area contributed by atoms with Crippen molar-refractivity contribution in [2.24, 2.45) is 7.05 Å². The number of hydrogen-bond donors (Lipinski definition) is 0. The quantitative estimate of drug-likeness (QED) is 0.686. The molecule has 0 N–H and O–H groups in total. The van der Waals surface area contributed by atoms with E-state index in [1.807, 2.05) is 25.1 Å². The minimum atomic E-state index is 0.0711. The van der Waals surface area contributed by atoms with Crippen molar-refractivity contribution in [2.45, 2.75) is 13.5 Å². The van der Waals surface area contributed by atoms with E-state index < -0.39 is 0 Å². The highest BCUT2D eigenvalue weighted by molar-refractivity contribution is 7.16. The lowest BCUT2D eigenvalue weighted by Gasteiger charge is -2.34. The van der Waals surface area contributed by atoms with Crippen LogP contribution in [-0.2, 0) is 13.6 Å². The lowest BCUT2D eigenvalue weighted by molar-refractivity contribution is 0.0632. The number of nitrogens with zero attached hydrogens (tertiary/aromatic N) is 6. The van der Waals surface area contributed by atoms with E-state index in [1.165, 1.54) is 11.3 Å². The van der Waals surface area contributed by atoms with Crippen molar-refractivity contribution >= 4 is 28.6 Å². The van der Waals surface area contributed by atoms with Crippen molar-refractivity contribution < 1.29 is 4.79 Å². The van der Waals surface area contributed by atoms with Crippen molar-refractivity contribution in [3.8, 4) is 10.6 Å². The van der Waals surface area contributed by atoms with Crippen molar-refractivity contribution in [1.29, 1.82) is 0 Å². The molecule has 26 heavy (non-hydrogen) atoms. The van der Waals surface area contributed by atoms with Crippen molar-refractivity contribution in [3.63, 3.8) is 0 Å². The molecule has 0 unspecified atom stereocenters. The van der Waals surface area contributed by atoms with E-state index >= 15 is 0 Å². The molecule has 3 aromatic rings. The van der Waals surface area contributed by atoms with Gasteiger partial charge in [0, 0.05) is 56.9 Å². The van der Waals surface area contributed by atoms with Gasteiger partial charge in [-0.25, -0.2) is 9.97 Å². The lowest BCUT2D eigenvalue weighted by Crippen LogP contribution is -2.48. The third kappa shape index (κ3) is 3.69. The number of carbonyl (C=O) groups excluding carboxylic acids is 1. The Morgan fingerprint density at radius 1 is 1.23 bits per heavy atom. The number of thiazole rings is 2. The first-order valence-electron chi connectivity index (χ1n) is 8.46. The van der Waals surface area contributed by atoms with Crippen LogP contribution in [0.2, 0.25) is 0 Å². The van der Waals surface area contributed by atoms with Gasteiger partial charge in [-0.2, -0.15) is 5.10 Å². The van der Waals surface area contributed by atoms with Crippen LogP contribution in [0.25, 0.3) is 10.6 Å². The Kier molecular flexibility index (Phi) is 4.84. The molecule has 136 valence electrons. The predicted molar refractivity (Wildman–Crippen MR) is 102 cm³/mol. The number of rotatable bonds is 4. The summed E-state index contributed by atoms with van der Waals surface area (Å²) in [6, 6.07) is 0. The maximum absolute atomic E-state index is 12.8. The van der Waals surface area contributed by atoms with E-state index in [2.05, 4.69) is 25.3 Å². The van der Waals surface area contributed by atoms with Crippen molar-refractivity contribution in [1.82, 2.24) is 29.5 Å². The molecule has 1 aliphatic heterocycles.